The third-order valence-corrected chi connectivity index (χ3v) is 6.16. The van der Waals surface area contributed by atoms with E-state index in [0.29, 0.717) is 12.8 Å². The molecule has 0 radical (unpaired) electrons. The average Bonchev–Trinajstić information content (AvgIpc) is 2.80. The first kappa shape index (κ1) is 32.4. The summed E-state index contributed by atoms with van der Waals surface area (Å²) in [7, 11) is 0. The highest BCUT2D eigenvalue weighted by Gasteiger charge is 2.13. The normalized spacial score (nSPS) is 12.5. The molecule has 0 fully saturated rings. The van der Waals surface area contributed by atoms with Crippen LogP contribution in [0, 0.1) is 0 Å². The molecular formula is C30H54O4. The third-order valence-electron chi connectivity index (χ3n) is 6.16. The molecule has 0 aliphatic rings. The Hall–Kier alpha value is -1.58. The van der Waals surface area contributed by atoms with Crippen LogP contribution in [-0.4, -0.2) is 23.1 Å². The zero-order valence-corrected chi connectivity index (χ0v) is 22.4. The Morgan fingerprint density at radius 3 is 1.82 bits per heavy atom. The molecule has 0 saturated heterocycles. The number of rotatable bonds is 25. The minimum atomic E-state index is -0.736. The summed E-state index contributed by atoms with van der Waals surface area (Å²) in [6, 6.07) is 0. The highest BCUT2D eigenvalue weighted by atomic mass is 16.5. The van der Waals surface area contributed by atoms with Crippen LogP contribution in [0.15, 0.2) is 24.3 Å². The van der Waals surface area contributed by atoms with Gasteiger partial charge < -0.3 is 9.84 Å². The van der Waals surface area contributed by atoms with E-state index < -0.39 is 5.97 Å². The van der Waals surface area contributed by atoms with Crippen molar-refractivity contribution in [1.29, 1.82) is 0 Å². The second-order valence-electron chi connectivity index (χ2n) is 9.58. The van der Waals surface area contributed by atoms with Crippen LogP contribution in [-0.2, 0) is 14.3 Å². The second-order valence-corrected chi connectivity index (χ2v) is 9.58. The van der Waals surface area contributed by atoms with E-state index in [0.717, 1.165) is 51.4 Å². The SMILES string of the molecule is CCCCC/C=C\C/C=C\CCCCCCCCCC(=O)OC(CCC)CCCCCC(=O)O. The number of carboxylic acid groups (broad SMARTS) is 1. The van der Waals surface area contributed by atoms with Crippen molar-refractivity contribution in [2.24, 2.45) is 0 Å². The molecule has 198 valence electrons. The van der Waals surface area contributed by atoms with Crippen molar-refractivity contribution < 1.29 is 19.4 Å². The molecule has 0 aromatic heterocycles. The molecule has 4 nitrogen and oxygen atoms in total. The molecule has 0 spiro atoms. The molecule has 1 unspecified atom stereocenters. The fraction of sp³-hybridized carbons (Fsp3) is 0.800. The van der Waals surface area contributed by atoms with Crippen molar-refractivity contribution in [3.8, 4) is 0 Å². The highest BCUT2D eigenvalue weighted by molar-refractivity contribution is 5.69. The Bertz CT molecular complexity index is 524. The van der Waals surface area contributed by atoms with Gasteiger partial charge in [0.2, 0.25) is 0 Å². The number of unbranched alkanes of at least 4 members (excludes halogenated alkanes) is 12. The van der Waals surface area contributed by atoms with Crippen LogP contribution in [0.5, 0.6) is 0 Å². The van der Waals surface area contributed by atoms with Gasteiger partial charge in [0, 0.05) is 12.8 Å². The minimum Gasteiger partial charge on any atom is -0.481 e. The Labute approximate surface area is 210 Å². The van der Waals surface area contributed by atoms with Crippen LogP contribution in [0.3, 0.4) is 0 Å². The van der Waals surface area contributed by atoms with Crippen LogP contribution < -0.4 is 0 Å². The van der Waals surface area contributed by atoms with Gasteiger partial charge in [0.25, 0.3) is 0 Å². The van der Waals surface area contributed by atoms with Crippen LogP contribution in [0.25, 0.3) is 0 Å². The van der Waals surface area contributed by atoms with Crippen molar-refractivity contribution in [2.45, 2.75) is 155 Å². The first-order valence-corrected chi connectivity index (χ1v) is 14.3. The van der Waals surface area contributed by atoms with Gasteiger partial charge in [0.1, 0.15) is 6.10 Å². The molecule has 1 atom stereocenters. The number of aliphatic carboxylic acids is 1. The molecule has 0 aromatic rings. The maximum Gasteiger partial charge on any atom is 0.306 e. The summed E-state index contributed by atoms with van der Waals surface area (Å²) in [5.41, 5.74) is 0. The van der Waals surface area contributed by atoms with E-state index in [2.05, 4.69) is 38.2 Å². The molecular weight excluding hydrogens is 424 g/mol. The van der Waals surface area contributed by atoms with Gasteiger partial charge in [-0.2, -0.15) is 0 Å². The molecule has 1 N–H and O–H groups in total. The van der Waals surface area contributed by atoms with Crippen LogP contribution >= 0.6 is 0 Å². The Morgan fingerprint density at radius 1 is 0.647 bits per heavy atom. The summed E-state index contributed by atoms with van der Waals surface area (Å²) in [4.78, 5) is 22.7. The molecule has 0 amide bonds. The highest BCUT2D eigenvalue weighted by Crippen LogP contribution is 2.15. The largest absolute Gasteiger partial charge is 0.481 e. The number of hydrogen-bond donors (Lipinski definition) is 1. The standard InChI is InChI=1S/C30H54O4/c1-3-5-6-7-8-9-10-11-12-13-14-15-16-17-18-19-23-27-30(33)34-28(24-4-2)25-21-20-22-26-29(31)32/h8-9,11-12,28H,3-7,10,13-27H2,1-2H3,(H,31,32)/b9-8-,12-11-. The average molecular weight is 479 g/mol. The van der Waals surface area contributed by atoms with Gasteiger partial charge in [-0.1, -0.05) is 95.9 Å². The number of carbonyl (C=O) groups excluding carboxylic acids is 1. The van der Waals surface area contributed by atoms with Gasteiger partial charge in [-0.15, -0.1) is 0 Å². The summed E-state index contributed by atoms with van der Waals surface area (Å²) in [5.74, 6) is -0.799. The predicted octanol–water partition coefficient (Wildman–Crippen LogP) is 9.33. The van der Waals surface area contributed by atoms with E-state index in [1.807, 2.05) is 0 Å². The van der Waals surface area contributed by atoms with E-state index in [4.69, 9.17) is 9.84 Å². The molecule has 0 aliphatic heterocycles. The number of carbonyl (C=O) groups is 2. The maximum absolute atomic E-state index is 12.2. The van der Waals surface area contributed by atoms with Crippen molar-refractivity contribution in [3.63, 3.8) is 0 Å². The zero-order valence-electron chi connectivity index (χ0n) is 22.4. The summed E-state index contributed by atoms with van der Waals surface area (Å²) < 4.78 is 5.68. The lowest BCUT2D eigenvalue weighted by Crippen LogP contribution is -2.18. The van der Waals surface area contributed by atoms with Gasteiger partial charge in [-0.3, -0.25) is 9.59 Å². The molecule has 0 aromatic carbocycles. The van der Waals surface area contributed by atoms with E-state index in [1.165, 1.54) is 64.2 Å². The third kappa shape index (κ3) is 25.1. The number of ether oxygens (including phenoxy) is 1. The molecule has 0 bridgehead atoms. The van der Waals surface area contributed by atoms with Crippen molar-refractivity contribution >= 4 is 11.9 Å². The van der Waals surface area contributed by atoms with Crippen molar-refractivity contribution in [2.75, 3.05) is 0 Å². The number of carboxylic acids is 1. The van der Waals surface area contributed by atoms with E-state index >= 15 is 0 Å². The minimum absolute atomic E-state index is 0.00167. The van der Waals surface area contributed by atoms with E-state index in [-0.39, 0.29) is 18.5 Å². The fourth-order valence-corrected chi connectivity index (χ4v) is 4.09. The molecule has 0 heterocycles. The van der Waals surface area contributed by atoms with Gasteiger partial charge in [-0.05, 0) is 64.2 Å². The van der Waals surface area contributed by atoms with Gasteiger partial charge >= 0.3 is 11.9 Å². The number of hydrogen-bond acceptors (Lipinski definition) is 3. The van der Waals surface area contributed by atoms with Crippen molar-refractivity contribution in [1.82, 2.24) is 0 Å². The van der Waals surface area contributed by atoms with Gasteiger partial charge in [-0.25, -0.2) is 0 Å². The van der Waals surface area contributed by atoms with Crippen LogP contribution in [0.2, 0.25) is 0 Å². The lowest BCUT2D eigenvalue weighted by molar-refractivity contribution is -0.150. The lowest BCUT2D eigenvalue weighted by Gasteiger charge is -2.17. The predicted molar refractivity (Wildman–Crippen MR) is 144 cm³/mol. The Balaban J connectivity index is 3.57. The smallest absolute Gasteiger partial charge is 0.306 e. The summed E-state index contributed by atoms with van der Waals surface area (Å²) in [6.45, 7) is 4.35. The molecule has 0 saturated carbocycles. The Morgan fingerprint density at radius 2 is 1.21 bits per heavy atom. The van der Waals surface area contributed by atoms with Gasteiger partial charge in [0.15, 0.2) is 0 Å². The molecule has 0 aliphatic carbocycles. The summed E-state index contributed by atoms with van der Waals surface area (Å²) >= 11 is 0. The first-order valence-electron chi connectivity index (χ1n) is 14.3. The lowest BCUT2D eigenvalue weighted by atomic mass is 10.1. The van der Waals surface area contributed by atoms with Crippen molar-refractivity contribution in [3.05, 3.63) is 24.3 Å². The van der Waals surface area contributed by atoms with E-state index in [9.17, 15) is 9.59 Å². The van der Waals surface area contributed by atoms with E-state index in [1.54, 1.807) is 0 Å². The molecule has 0 rings (SSSR count). The quantitative estimate of drug-likeness (QED) is 0.0806. The zero-order chi connectivity index (χ0) is 25.1. The van der Waals surface area contributed by atoms with Crippen LogP contribution in [0.4, 0.5) is 0 Å². The topological polar surface area (TPSA) is 63.6 Å². The van der Waals surface area contributed by atoms with Gasteiger partial charge in [0.05, 0.1) is 0 Å². The van der Waals surface area contributed by atoms with Crippen LogP contribution in [0.1, 0.15) is 149 Å². The second kappa shape index (κ2) is 26.0. The number of esters is 1. The summed E-state index contributed by atoms with van der Waals surface area (Å²) in [5, 5.41) is 8.69. The Kier molecular flexibility index (Phi) is 24.8. The molecule has 4 heteroatoms. The monoisotopic (exact) mass is 478 g/mol. The first-order chi connectivity index (χ1) is 16.6. The molecule has 34 heavy (non-hydrogen) atoms. The summed E-state index contributed by atoms with van der Waals surface area (Å²) in [6.07, 6.45) is 31.0. The maximum atomic E-state index is 12.2. The fourth-order valence-electron chi connectivity index (χ4n) is 4.09. The number of allylic oxidation sites excluding steroid dienone is 4.